The van der Waals surface area contributed by atoms with Crippen LogP contribution in [0.25, 0.3) is 11.4 Å². The Labute approximate surface area is 190 Å². The largest absolute Gasteiger partial charge is 0.494 e. The Morgan fingerprint density at radius 2 is 1.97 bits per heavy atom. The first-order chi connectivity index (χ1) is 15.9. The molecule has 0 radical (unpaired) electrons. The molecule has 0 saturated heterocycles. The van der Waals surface area contributed by atoms with E-state index in [4.69, 9.17) is 4.74 Å². The summed E-state index contributed by atoms with van der Waals surface area (Å²) in [5.74, 6) is 0.662. The lowest BCUT2D eigenvalue weighted by atomic mass is 10.1. The first-order valence-corrected chi connectivity index (χ1v) is 10.3. The number of nitrogens with zero attached hydrogens (tertiary/aromatic N) is 6. The molecule has 0 unspecified atom stereocenters. The van der Waals surface area contributed by atoms with E-state index < -0.39 is 5.91 Å². The minimum Gasteiger partial charge on any atom is -0.494 e. The van der Waals surface area contributed by atoms with Gasteiger partial charge < -0.3 is 15.4 Å². The van der Waals surface area contributed by atoms with Gasteiger partial charge in [-0.1, -0.05) is 6.07 Å². The van der Waals surface area contributed by atoms with Crippen LogP contribution in [0.4, 0.5) is 17.2 Å². The SMILES string of the molecule is COc1c(Nc2cc(NC(=O)C3CC3)nnc2C(=O)NN(C)C)cccc1-c1ncn(C)n1. The molecular weight excluding hydrogens is 426 g/mol. The van der Waals surface area contributed by atoms with Crippen molar-refractivity contribution in [3.8, 4) is 17.1 Å². The Hall–Kier alpha value is -4.06. The van der Waals surface area contributed by atoms with Crippen LogP contribution in [0.15, 0.2) is 30.6 Å². The standard InChI is InChI=1S/C21H25N9O3/c1-29(2)28-21(32)17-15(10-16(25-26-17)24-20(31)12-8-9-12)23-14-7-5-6-13(18(14)33-4)19-22-11-30(3)27-19/h5-7,10-12H,8-9H2,1-4H3,(H,28,32)(H2,23,24,25,31). The molecule has 1 aliphatic carbocycles. The lowest BCUT2D eigenvalue weighted by Gasteiger charge is -2.17. The van der Waals surface area contributed by atoms with E-state index in [9.17, 15) is 9.59 Å². The van der Waals surface area contributed by atoms with Crippen molar-refractivity contribution in [3.05, 3.63) is 36.3 Å². The molecule has 2 heterocycles. The van der Waals surface area contributed by atoms with Crippen molar-refractivity contribution in [2.75, 3.05) is 31.8 Å². The van der Waals surface area contributed by atoms with Gasteiger partial charge in [-0.3, -0.25) is 19.7 Å². The zero-order valence-corrected chi connectivity index (χ0v) is 18.8. The molecule has 1 saturated carbocycles. The minimum absolute atomic E-state index is 0.00238. The van der Waals surface area contributed by atoms with E-state index in [1.165, 1.54) is 5.01 Å². The summed E-state index contributed by atoms with van der Waals surface area (Å²) in [5, 5.41) is 19.9. The Morgan fingerprint density at radius 3 is 2.61 bits per heavy atom. The van der Waals surface area contributed by atoms with Crippen LogP contribution in [-0.4, -0.2) is 63.0 Å². The first kappa shape index (κ1) is 22.1. The van der Waals surface area contributed by atoms with Gasteiger partial charge in [0.2, 0.25) is 5.91 Å². The van der Waals surface area contributed by atoms with Crippen molar-refractivity contribution in [3.63, 3.8) is 0 Å². The summed E-state index contributed by atoms with van der Waals surface area (Å²) in [6, 6.07) is 7.02. The van der Waals surface area contributed by atoms with Crippen LogP contribution in [0.5, 0.6) is 5.75 Å². The van der Waals surface area contributed by atoms with Gasteiger partial charge in [-0.2, -0.15) is 5.10 Å². The number of aromatic nitrogens is 5. The third kappa shape index (κ3) is 5.06. The van der Waals surface area contributed by atoms with Crippen LogP contribution in [0.3, 0.4) is 0 Å². The van der Waals surface area contributed by atoms with Crippen molar-refractivity contribution in [1.82, 2.24) is 35.4 Å². The number of hydrogen-bond acceptors (Lipinski definition) is 9. The number of anilines is 3. The number of benzene rings is 1. The lowest BCUT2D eigenvalue weighted by Crippen LogP contribution is -2.37. The van der Waals surface area contributed by atoms with Crippen molar-refractivity contribution < 1.29 is 14.3 Å². The van der Waals surface area contributed by atoms with Crippen LogP contribution in [-0.2, 0) is 11.8 Å². The molecule has 12 nitrogen and oxygen atoms in total. The fourth-order valence-corrected chi connectivity index (χ4v) is 3.18. The maximum atomic E-state index is 12.7. The number of aryl methyl sites for hydroxylation is 1. The highest BCUT2D eigenvalue weighted by Crippen LogP contribution is 2.37. The van der Waals surface area contributed by atoms with Crippen LogP contribution >= 0.6 is 0 Å². The van der Waals surface area contributed by atoms with Crippen LogP contribution in [0.2, 0.25) is 0 Å². The van der Waals surface area contributed by atoms with E-state index in [-0.39, 0.29) is 23.3 Å². The van der Waals surface area contributed by atoms with Gasteiger partial charge in [-0.05, 0) is 25.0 Å². The highest BCUT2D eigenvalue weighted by atomic mass is 16.5. The summed E-state index contributed by atoms with van der Waals surface area (Å²) in [7, 11) is 6.70. The topological polar surface area (TPSA) is 139 Å². The smallest absolute Gasteiger partial charge is 0.288 e. The summed E-state index contributed by atoms with van der Waals surface area (Å²) in [5.41, 5.74) is 4.29. The summed E-state index contributed by atoms with van der Waals surface area (Å²) in [4.78, 5) is 29.2. The van der Waals surface area contributed by atoms with Crippen molar-refractivity contribution in [2.24, 2.45) is 13.0 Å². The molecule has 1 aliphatic rings. The molecule has 4 rings (SSSR count). The summed E-state index contributed by atoms with van der Waals surface area (Å²) < 4.78 is 7.24. The number of methoxy groups -OCH3 is 1. The number of carbonyl (C=O) groups is 2. The van der Waals surface area contributed by atoms with Gasteiger partial charge in [-0.15, -0.1) is 10.2 Å². The van der Waals surface area contributed by atoms with Crippen molar-refractivity contribution in [2.45, 2.75) is 12.8 Å². The number of amides is 2. The molecule has 1 aromatic carbocycles. The van der Waals surface area contributed by atoms with Gasteiger partial charge in [0.1, 0.15) is 6.33 Å². The van der Waals surface area contributed by atoms with E-state index >= 15 is 0 Å². The fourth-order valence-electron chi connectivity index (χ4n) is 3.18. The monoisotopic (exact) mass is 451 g/mol. The van der Waals surface area contributed by atoms with Crippen molar-refractivity contribution >= 4 is 29.0 Å². The molecule has 0 aliphatic heterocycles. The summed E-state index contributed by atoms with van der Waals surface area (Å²) in [6.07, 6.45) is 3.32. The van der Waals surface area contributed by atoms with Crippen LogP contribution in [0.1, 0.15) is 23.3 Å². The number of para-hydroxylation sites is 1. The molecule has 1 fully saturated rings. The highest BCUT2D eigenvalue weighted by Gasteiger charge is 2.30. The minimum atomic E-state index is -0.461. The predicted octanol–water partition coefficient (Wildman–Crippen LogP) is 1.58. The van der Waals surface area contributed by atoms with Crippen LogP contribution < -0.4 is 20.8 Å². The Bertz CT molecular complexity index is 1190. The van der Waals surface area contributed by atoms with E-state index in [1.54, 1.807) is 51.4 Å². The molecule has 3 N–H and O–H groups in total. The normalized spacial score (nSPS) is 13.0. The predicted molar refractivity (Wildman–Crippen MR) is 121 cm³/mol. The first-order valence-electron chi connectivity index (χ1n) is 10.3. The van der Waals surface area contributed by atoms with E-state index in [2.05, 4.69) is 36.3 Å². The molecule has 0 atom stereocenters. The van der Waals surface area contributed by atoms with Gasteiger partial charge in [0.25, 0.3) is 5.91 Å². The third-order valence-electron chi connectivity index (χ3n) is 4.86. The van der Waals surface area contributed by atoms with Gasteiger partial charge in [0.05, 0.1) is 24.0 Å². The molecule has 0 spiro atoms. The van der Waals surface area contributed by atoms with Crippen molar-refractivity contribution in [1.29, 1.82) is 0 Å². The number of hydrazine groups is 1. The van der Waals surface area contributed by atoms with E-state index in [0.717, 1.165) is 12.8 Å². The van der Waals surface area contributed by atoms with Gasteiger partial charge in [-0.25, -0.2) is 9.99 Å². The number of hydrogen-bond donors (Lipinski definition) is 3. The fraction of sp³-hybridized carbons (Fsp3) is 0.333. The number of nitrogens with one attached hydrogen (secondary N) is 3. The molecule has 172 valence electrons. The molecule has 3 aromatic rings. The number of ether oxygens (including phenoxy) is 1. The molecule has 0 bridgehead atoms. The zero-order chi connectivity index (χ0) is 23.5. The van der Waals surface area contributed by atoms with E-state index in [0.29, 0.717) is 28.5 Å². The second-order valence-corrected chi connectivity index (χ2v) is 7.84. The second-order valence-electron chi connectivity index (χ2n) is 7.84. The molecule has 2 aromatic heterocycles. The third-order valence-corrected chi connectivity index (χ3v) is 4.86. The lowest BCUT2D eigenvalue weighted by molar-refractivity contribution is -0.117. The van der Waals surface area contributed by atoms with Gasteiger partial charge >= 0.3 is 0 Å². The molecule has 12 heteroatoms. The summed E-state index contributed by atoms with van der Waals surface area (Å²) in [6.45, 7) is 0. The molecular formula is C21H25N9O3. The van der Waals surface area contributed by atoms with Gasteiger partial charge in [0.15, 0.2) is 23.1 Å². The Morgan fingerprint density at radius 1 is 1.18 bits per heavy atom. The van der Waals surface area contributed by atoms with E-state index in [1.807, 2.05) is 12.1 Å². The average Bonchev–Trinajstić information content (AvgIpc) is 3.54. The number of carbonyl (C=O) groups excluding carboxylic acids is 2. The Kier molecular flexibility index (Phi) is 6.18. The zero-order valence-electron chi connectivity index (χ0n) is 18.8. The maximum Gasteiger partial charge on any atom is 0.288 e. The summed E-state index contributed by atoms with van der Waals surface area (Å²) >= 11 is 0. The second kappa shape index (κ2) is 9.20. The highest BCUT2D eigenvalue weighted by molar-refractivity contribution is 6.00. The maximum absolute atomic E-state index is 12.7. The van der Waals surface area contributed by atoms with Gasteiger partial charge in [0, 0.05) is 33.1 Å². The Balaban J connectivity index is 1.71. The quantitative estimate of drug-likeness (QED) is 0.436. The average molecular weight is 451 g/mol. The molecule has 2 amide bonds. The molecule has 33 heavy (non-hydrogen) atoms. The number of rotatable bonds is 8. The van der Waals surface area contributed by atoms with Crippen LogP contribution in [0, 0.1) is 5.92 Å².